The molecule has 0 aliphatic rings. The first-order valence-electron chi connectivity index (χ1n) is 4.41. The maximum atomic E-state index is 10.6. The van der Waals surface area contributed by atoms with E-state index in [1.807, 2.05) is 0 Å². The van der Waals surface area contributed by atoms with Gasteiger partial charge in [-0.2, -0.15) is 0 Å². The lowest BCUT2D eigenvalue weighted by molar-refractivity contribution is -0.392. The molecule has 0 N–H and O–H groups in total. The first kappa shape index (κ1) is 12.6. The highest BCUT2D eigenvalue weighted by atomic mass is 32.2. The van der Waals surface area contributed by atoms with E-state index < -0.39 is 20.8 Å². The molecule has 16 heavy (non-hydrogen) atoms. The molecule has 0 aromatic carbocycles. The molecule has 0 radical (unpaired) electrons. The van der Waals surface area contributed by atoms with Gasteiger partial charge in [0.1, 0.15) is 6.20 Å². The molecule has 0 atom stereocenters. The fourth-order valence-electron chi connectivity index (χ4n) is 1.28. The average molecular weight is 248 g/mol. The molecule has 0 aliphatic carbocycles. The Bertz CT molecular complexity index is 492. The standard InChI is InChI=1S/C7H11N3O5S/c1-6-8-5-7(10(11)12)9(6)3-2-4-16(13,14)15/h5H,2-4H2,1H3,(H,13,14,15)/p-1. The smallest absolute Gasteiger partial charge is 0.342 e. The van der Waals surface area contributed by atoms with E-state index in [9.17, 15) is 23.1 Å². The van der Waals surface area contributed by atoms with Crippen LogP contribution in [-0.2, 0) is 16.7 Å². The molecule has 1 heterocycles. The van der Waals surface area contributed by atoms with Crippen molar-refractivity contribution in [3.05, 3.63) is 22.1 Å². The van der Waals surface area contributed by atoms with Gasteiger partial charge in [-0.05, 0) is 11.3 Å². The van der Waals surface area contributed by atoms with Gasteiger partial charge in [0.25, 0.3) is 0 Å². The largest absolute Gasteiger partial charge is 0.748 e. The molecule has 0 aliphatic heterocycles. The molecule has 0 unspecified atom stereocenters. The van der Waals surface area contributed by atoms with Gasteiger partial charge in [0.15, 0.2) is 5.82 Å². The predicted molar refractivity (Wildman–Crippen MR) is 52.8 cm³/mol. The number of hydrogen-bond acceptors (Lipinski definition) is 6. The molecule has 9 heteroatoms. The zero-order valence-corrected chi connectivity index (χ0v) is 9.31. The topological polar surface area (TPSA) is 118 Å². The summed E-state index contributed by atoms with van der Waals surface area (Å²) in [6.07, 6.45) is 1.13. The van der Waals surface area contributed by atoms with Crippen LogP contribution < -0.4 is 0 Å². The molecule has 90 valence electrons. The van der Waals surface area contributed by atoms with Gasteiger partial charge >= 0.3 is 5.82 Å². The molecule has 0 spiro atoms. The summed E-state index contributed by atoms with van der Waals surface area (Å²) in [5.41, 5.74) is 0. The van der Waals surface area contributed by atoms with Crippen LogP contribution in [0.2, 0.25) is 0 Å². The summed E-state index contributed by atoms with van der Waals surface area (Å²) in [4.78, 5) is 13.7. The Morgan fingerprint density at radius 1 is 1.56 bits per heavy atom. The summed E-state index contributed by atoms with van der Waals surface area (Å²) in [6.45, 7) is 1.66. The van der Waals surface area contributed by atoms with E-state index in [1.54, 1.807) is 6.92 Å². The second kappa shape index (κ2) is 4.58. The molecule has 0 amide bonds. The maximum Gasteiger partial charge on any atom is 0.342 e. The summed E-state index contributed by atoms with van der Waals surface area (Å²) in [7, 11) is -4.28. The Labute approximate surface area is 91.8 Å². The second-order valence-electron chi connectivity index (χ2n) is 3.19. The van der Waals surface area contributed by atoms with Crippen molar-refractivity contribution in [2.24, 2.45) is 0 Å². The Morgan fingerprint density at radius 3 is 2.69 bits per heavy atom. The summed E-state index contributed by atoms with van der Waals surface area (Å²) < 4.78 is 32.3. The molecule has 0 saturated carbocycles. The van der Waals surface area contributed by atoms with E-state index >= 15 is 0 Å². The molecule has 0 fully saturated rings. The van der Waals surface area contributed by atoms with E-state index in [1.165, 1.54) is 4.57 Å². The van der Waals surface area contributed by atoms with Crippen LogP contribution in [0.3, 0.4) is 0 Å². The molecule has 1 rings (SSSR count). The third kappa shape index (κ3) is 3.28. The molecular formula is C7H10N3O5S-. The minimum Gasteiger partial charge on any atom is -0.748 e. The van der Waals surface area contributed by atoms with Crippen molar-refractivity contribution in [1.29, 1.82) is 0 Å². The number of nitro groups is 1. The number of nitrogens with zero attached hydrogens (tertiary/aromatic N) is 3. The third-order valence-corrected chi connectivity index (χ3v) is 2.79. The van der Waals surface area contributed by atoms with Crippen molar-refractivity contribution in [2.75, 3.05) is 5.75 Å². The molecule has 0 bridgehead atoms. The van der Waals surface area contributed by atoms with E-state index in [2.05, 4.69) is 4.98 Å². The van der Waals surface area contributed by atoms with Gasteiger partial charge in [-0.3, -0.25) is 0 Å². The summed E-state index contributed by atoms with van der Waals surface area (Å²) in [6, 6.07) is 0. The minimum absolute atomic E-state index is 0.0316. The number of aromatic nitrogens is 2. The van der Waals surface area contributed by atoms with Crippen LogP contribution in [0, 0.1) is 17.0 Å². The molecule has 1 aromatic heterocycles. The monoisotopic (exact) mass is 248 g/mol. The first-order valence-corrected chi connectivity index (χ1v) is 5.99. The average Bonchev–Trinajstić information content (AvgIpc) is 2.46. The van der Waals surface area contributed by atoms with Crippen molar-refractivity contribution in [3.63, 3.8) is 0 Å². The van der Waals surface area contributed by atoms with Crippen molar-refractivity contribution in [1.82, 2.24) is 9.55 Å². The summed E-state index contributed by atoms with van der Waals surface area (Å²) in [5.74, 6) is -0.335. The highest BCUT2D eigenvalue weighted by molar-refractivity contribution is 7.85. The fraction of sp³-hybridized carbons (Fsp3) is 0.571. The van der Waals surface area contributed by atoms with Gasteiger partial charge in [0, 0.05) is 12.7 Å². The number of rotatable bonds is 5. The van der Waals surface area contributed by atoms with Crippen LogP contribution in [0.4, 0.5) is 5.82 Å². The molecule has 8 nitrogen and oxygen atoms in total. The maximum absolute atomic E-state index is 10.6. The normalized spacial score (nSPS) is 11.6. The highest BCUT2D eigenvalue weighted by Gasteiger charge is 2.16. The SMILES string of the molecule is Cc1ncc([N+](=O)[O-])n1CCCS(=O)(=O)[O-]. The minimum atomic E-state index is -4.28. The first-order chi connectivity index (χ1) is 7.31. The quantitative estimate of drug-likeness (QED) is 0.412. The van der Waals surface area contributed by atoms with E-state index in [-0.39, 0.29) is 18.8 Å². The lowest BCUT2D eigenvalue weighted by atomic mass is 10.4. The van der Waals surface area contributed by atoms with E-state index in [0.717, 1.165) is 6.20 Å². The Morgan fingerprint density at radius 2 is 2.19 bits per heavy atom. The molecule has 1 aromatic rings. The van der Waals surface area contributed by atoms with Gasteiger partial charge in [-0.15, -0.1) is 0 Å². The molecular weight excluding hydrogens is 238 g/mol. The van der Waals surface area contributed by atoms with Crippen molar-refractivity contribution in [3.8, 4) is 0 Å². The highest BCUT2D eigenvalue weighted by Crippen LogP contribution is 2.14. The third-order valence-electron chi connectivity index (χ3n) is 2.00. The fourth-order valence-corrected chi connectivity index (χ4v) is 1.76. The summed E-state index contributed by atoms with van der Waals surface area (Å²) >= 11 is 0. The van der Waals surface area contributed by atoms with Gasteiger partial charge < -0.3 is 14.7 Å². The number of imidazole rings is 1. The van der Waals surface area contributed by atoms with Crippen LogP contribution in [0.1, 0.15) is 12.2 Å². The van der Waals surface area contributed by atoms with Crippen LogP contribution in [0.15, 0.2) is 6.20 Å². The van der Waals surface area contributed by atoms with Crippen LogP contribution in [0.5, 0.6) is 0 Å². The van der Waals surface area contributed by atoms with Crippen LogP contribution >= 0.6 is 0 Å². The van der Waals surface area contributed by atoms with Crippen LogP contribution in [-0.4, -0.2) is 33.2 Å². The van der Waals surface area contributed by atoms with Gasteiger partial charge in [-0.25, -0.2) is 18.0 Å². The number of hydrogen-bond donors (Lipinski definition) is 0. The Kier molecular flexibility index (Phi) is 3.60. The zero-order valence-electron chi connectivity index (χ0n) is 8.49. The summed E-state index contributed by atoms with van der Waals surface area (Å²) in [5, 5.41) is 10.6. The predicted octanol–water partition coefficient (Wildman–Crippen LogP) is 0.0350. The van der Waals surface area contributed by atoms with Gasteiger partial charge in [0.2, 0.25) is 0 Å². The Hall–Kier alpha value is -1.48. The zero-order chi connectivity index (χ0) is 12.3. The Balaban J connectivity index is 2.73. The van der Waals surface area contributed by atoms with Crippen molar-refractivity contribution < 1.29 is 17.9 Å². The lowest BCUT2D eigenvalue weighted by Gasteiger charge is -2.06. The van der Waals surface area contributed by atoms with Gasteiger partial charge in [0.05, 0.1) is 16.7 Å². The van der Waals surface area contributed by atoms with Gasteiger partial charge in [-0.1, -0.05) is 0 Å². The van der Waals surface area contributed by atoms with Crippen molar-refractivity contribution >= 4 is 15.9 Å². The number of aryl methyl sites for hydroxylation is 1. The van der Waals surface area contributed by atoms with Crippen molar-refractivity contribution in [2.45, 2.75) is 19.9 Å². The van der Waals surface area contributed by atoms with E-state index in [0.29, 0.717) is 5.82 Å². The second-order valence-corrected chi connectivity index (χ2v) is 4.71. The lowest BCUT2D eigenvalue weighted by Crippen LogP contribution is -2.10. The van der Waals surface area contributed by atoms with E-state index in [4.69, 9.17) is 0 Å². The van der Waals surface area contributed by atoms with Crippen LogP contribution in [0.25, 0.3) is 0 Å². The molecule has 0 saturated heterocycles.